The third kappa shape index (κ3) is 2.13. The van der Waals surface area contributed by atoms with Crippen LogP contribution in [-0.4, -0.2) is 43.2 Å². The lowest BCUT2D eigenvalue weighted by Gasteiger charge is -2.41. The van der Waals surface area contributed by atoms with Crippen LogP contribution in [0, 0.1) is 0 Å². The predicted octanol–water partition coefficient (Wildman–Crippen LogP) is 0.673. The molecule has 2 N–H and O–H groups in total. The van der Waals surface area contributed by atoms with Crippen LogP contribution in [0.25, 0.3) is 0 Å². The Balaban J connectivity index is 1.91. The number of rotatable bonds is 3. The van der Waals surface area contributed by atoms with E-state index in [1.54, 1.807) is 7.11 Å². The van der Waals surface area contributed by atoms with Gasteiger partial charge in [0.25, 0.3) is 0 Å². The van der Waals surface area contributed by atoms with E-state index in [2.05, 4.69) is 6.08 Å². The predicted molar refractivity (Wildman–Crippen MR) is 61.9 cm³/mol. The Morgan fingerprint density at radius 1 is 1.62 bits per heavy atom. The van der Waals surface area contributed by atoms with Crippen LogP contribution in [0.5, 0.6) is 0 Å². The molecule has 90 valence electrons. The highest BCUT2D eigenvalue weighted by Crippen LogP contribution is 2.31. The van der Waals surface area contributed by atoms with Crippen LogP contribution in [0.1, 0.15) is 25.7 Å². The monoisotopic (exact) mass is 224 g/mol. The average molecular weight is 224 g/mol. The second-order valence-corrected chi connectivity index (χ2v) is 4.81. The molecular formula is C12H20N2O2. The van der Waals surface area contributed by atoms with Gasteiger partial charge in [0.1, 0.15) is 0 Å². The van der Waals surface area contributed by atoms with Gasteiger partial charge in [0, 0.05) is 20.2 Å². The zero-order chi connectivity index (χ0) is 11.6. The first-order valence-electron chi connectivity index (χ1n) is 5.91. The fraction of sp³-hybridized carbons (Fsp3) is 0.750. The van der Waals surface area contributed by atoms with Crippen LogP contribution in [-0.2, 0) is 9.53 Å². The van der Waals surface area contributed by atoms with Crippen LogP contribution in [0.15, 0.2) is 11.6 Å². The van der Waals surface area contributed by atoms with Gasteiger partial charge < -0.3 is 15.4 Å². The quantitative estimate of drug-likeness (QED) is 0.717. The summed E-state index contributed by atoms with van der Waals surface area (Å²) in [5.41, 5.74) is 6.77. The van der Waals surface area contributed by atoms with Crippen molar-refractivity contribution in [3.05, 3.63) is 11.6 Å². The fourth-order valence-corrected chi connectivity index (χ4v) is 2.30. The molecule has 0 spiro atoms. The minimum absolute atomic E-state index is 0.131. The molecule has 1 amide bonds. The molecule has 0 aromatic carbocycles. The van der Waals surface area contributed by atoms with Crippen molar-refractivity contribution >= 4 is 5.91 Å². The maximum absolute atomic E-state index is 12.1. The molecule has 4 heteroatoms. The summed E-state index contributed by atoms with van der Waals surface area (Å²) >= 11 is 0. The van der Waals surface area contributed by atoms with E-state index in [1.807, 2.05) is 4.90 Å². The highest BCUT2D eigenvalue weighted by molar-refractivity contribution is 5.87. The number of hydrogen-bond acceptors (Lipinski definition) is 3. The molecule has 1 heterocycles. The van der Waals surface area contributed by atoms with E-state index < -0.39 is 5.54 Å². The lowest BCUT2D eigenvalue weighted by Crippen LogP contribution is -2.60. The van der Waals surface area contributed by atoms with Crippen molar-refractivity contribution in [2.45, 2.75) is 31.2 Å². The maximum atomic E-state index is 12.1. The van der Waals surface area contributed by atoms with E-state index in [0.717, 1.165) is 32.2 Å². The summed E-state index contributed by atoms with van der Waals surface area (Å²) in [6.07, 6.45) is 5.78. The van der Waals surface area contributed by atoms with Gasteiger partial charge in [-0.1, -0.05) is 6.08 Å². The third-order valence-corrected chi connectivity index (χ3v) is 3.59. The third-order valence-electron chi connectivity index (χ3n) is 3.59. The van der Waals surface area contributed by atoms with Crippen LogP contribution in [0.4, 0.5) is 0 Å². The Kier molecular flexibility index (Phi) is 3.30. The molecule has 2 aliphatic rings. The van der Waals surface area contributed by atoms with E-state index in [4.69, 9.17) is 10.5 Å². The molecular weight excluding hydrogens is 204 g/mol. The molecule has 1 aliphatic heterocycles. The molecule has 16 heavy (non-hydrogen) atoms. The second-order valence-electron chi connectivity index (χ2n) is 4.81. The van der Waals surface area contributed by atoms with Crippen molar-refractivity contribution in [3.8, 4) is 0 Å². The van der Waals surface area contributed by atoms with Gasteiger partial charge in [0.2, 0.25) is 5.91 Å². The minimum atomic E-state index is -0.549. The van der Waals surface area contributed by atoms with Crippen LogP contribution >= 0.6 is 0 Å². The molecule has 2 rings (SSSR count). The number of carbonyl (C=O) groups excluding carboxylic acids is 1. The number of carbonyl (C=O) groups is 1. The highest BCUT2D eigenvalue weighted by atomic mass is 16.5. The maximum Gasteiger partial charge on any atom is 0.242 e. The first-order chi connectivity index (χ1) is 7.65. The Hall–Kier alpha value is -0.870. The van der Waals surface area contributed by atoms with E-state index in [-0.39, 0.29) is 5.91 Å². The van der Waals surface area contributed by atoms with E-state index in [1.165, 1.54) is 5.57 Å². The summed E-state index contributed by atoms with van der Waals surface area (Å²) < 4.78 is 5.08. The van der Waals surface area contributed by atoms with Gasteiger partial charge in [-0.15, -0.1) is 0 Å². The number of amides is 1. The van der Waals surface area contributed by atoms with Crippen molar-refractivity contribution in [1.29, 1.82) is 0 Å². The summed E-state index contributed by atoms with van der Waals surface area (Å²) in [7, 11) is 1.70. The number of nitrogens with zero attached hydrogens (tertiary/aromatic N) is 1. The molecule has 1 fully saturated rings. The molecule has 1 saturated carbocycles. The minimum Gasteiger partial charge on any atom is -0.380 e. The van der Waals surface area contributed by atoms with Gasteiger partial charge in [-0.3, -0.25) is 4.79 Å². The fourth-order valence-electron chi connectivity index (χ4n) is 2.30. The van der Waals surface area contributed by atoms with Gasteiger partial charge in [0.05, 0.1) is 12.1 Å². The van der Waals surface area contributed by atoms with Gasteiger partial charge in [-0.05, 0) is 31.3 Å². The van der Waals surface area contributed by atoms with Crippen LogP contribution in [0.3, 0.4) is 0 Å². The van der Waals surface area contributed by atoms with Crippen molar-refractivity contribution < 1.29 is 9.53 Å². The zero-order valence-electron chi connectivity index (χ0n) is 9.87. The average Bonchev–Trinajstić information content (AvgIpc) is 2.26. The molecule has 4 nitrogen and oxygen atoms in total. The number of nitrogens with two attached hydrogens (primary N) is 1. The SMILES string of the molecule is COCC1=CCN(C(=O)C2(N)CCC2)CC1. The first kappa shape index (κ1) is 11.6. The number of hydrogen-bond donors (Lipinski definition) is 1. The summed E-state index contributed by atoms with van der Waals surface area (Å²) in [5, 5.41) is 0. The summed E-state index contributed by atoms with van der Waals surface area (Å²) in [6, 6.07) is 0. The number of ether oxygens (including phenoxy) is 1. The van der Waals surface area contributed by atoms with E-state index in [0.29, 0.717) is 13.2 Å². The van der Waals surface area contributed by atoms with Gasteiger partial charge in [-0.2, -0.15) is 0 Å². The number of methoxy groups -OCH3 is 1. The topological polar surface area (TPSA) is 55.6 Å². The zero-order valence-corrected chi connectivity index (χ0v) is 9.87. The van der Waals surface area contributed by atoms with E-state index in [9.17, 15) is 4.79 Å². The molecule has 1 aliphatic carbocycles. The summed E-state index contributed by atoms with van der Waals surface area (Å²) in [4.78, 5) is 14.0. The van der Waals surface area contributed by atoms with Gasteiger partial charge in [-0.25, -0.2) is 0 Å². The summed E-state index contributed by atoms with van der Waals surface area (Å²) in [6.45, 7) is 2.15. The van der Waals surface area contributed by atoms with Gasteiger partial charge >= 0.3 is 0 Å². The molecule has 0 radical (unpaired) electrons. The Morgan fingerprint density at radius 2 is 2.38 bits per heavy atom. The lowest BCUT2D eigenvalue weighted by molar-refractivity contribution is -0.139. The molecule has 0 saturated heterocycles. The standard InChI is InChI=1S/C12H20N2O2/c1-16-9-10-3-7-14(8-4-10)11(15)12(13)5-2-6-12/h3H,2,4-9,13H2,1H3. The first-order valence-corrected chi connectivity index (χ1v) is 5.91. The molecule has 0 bridgehead atoms. The molecule has 0 aromatic heterocycles. The Bertz CT molecular complexity index is 308. The van der Waals surface area contributed by atoms with Gasteiger partial charge in [0.15, 0.2) is 0 Å². The second kappa shape index (κ2) is 4.55. The highest BCUT2D eigenvalue weighted by Gasteiger charge is 2.42. The Morgan fingerprint density at radius 3 is 2.81 bits per heavy atom. The largest absolute Gasteiger partial charge is 0.380 e. The molecule has 0 aromatic rings. The lowest BCUT2D eigenvalue weighted by atomic mass is 9.76. The van der Waals surface area contributed by atoms with Crippen molar-refractivity contribution in [3.63, 3.8) is 0 Å². The van der Waals surface area contributed by atoms with Crippen LogP contribution in [0.2, 0.25) is 0 Å². The smallest absolute Gasteiger partial charge is 0.242 e. The normalized spacial score (nSPS) is 23.6. The van der Waals surface area contributed by atoms with Crippen LogP contribution < -0.4 is 5.73 Å². The van der Waals surface area contributed by atoms with Crippen molar-refractivity contribution in [2.24, 2.45) is 5.73 Å². The van der Waals surface area contributed by atoms with Crippen molar-refractivity contribution in [1.82, 2.24) is 4.90 Å². The molecule has 0 unspecified atom stereocenters. The Labute approximate surface area is 96.4 Å². The van der Waals surface area contributed by atoms with Crippen molar-refractivity contribution in [2.75, 3.05) is 26.8 Å². The molecule has 0 atom stereocenters. The summed E-state index contributed by atoms with van der Waals surface area (Å²) in [5.74, 6) is 0.131. The van der Waals surface area contributed by atoms with E-state index >= 15 is 0 Å².